The Morgan fingerprint density at radius 3 is 2.47 bits per heavy atom. The van der Waals surface area contributed by atoms with Gasteiger partial charge in [0, 0.05) is 4.47 Å². The molecule has 0 saturated heterocycles. The fourth-order valence-corrected chi connectivity index (χ4v) is 1.82. The Morgan fingerprint density at radius 1 is 1.12 bits per heavy atom. The SMILES string of the molecule is Fc1ccc(OCc2ccc(Br)cc2)c(Cl)c1. The highest BCUT2D eigenvalue weighted by Crippen LogP contribution is 2.25. The van der Waals surface area contributed by atoms with Crippen molar-refractivity contribution in [3.8, 4) is 5.75 Å². The molecule has 0 aliphatic heterocycles. The van der Waals surface area contributed by atoms with Crippen molar-refractivity contribution in [1.29, 1.82) is 0 Å². The van der Waals surface area contributed by atoms with E-state index in [0.717, 1.165) is 10.0 Å². The van der Waals surface area contributed by atoms with Crippen molar-refractivity contribution in [2.45, 2.75) is 6.61 Å². The molecule has 0 amide bonds. The van der Waals surface area contributed by atoms with Gasteiger partial charge < -0.3 is 4.74 Å². The maximum Gasteiger partial charge on any atom is 0.138 e. The van der Waals surface area contributed by atoms with Crippen molar-refractivity contribution in [1.82, 2.24) is 0 Å². The van der Waals surface area contributed by atoms with Crippen molar-refractivity contribution in [3.63, 3.8) is 0 Å². The fourth-order valence-electron chi connectivity index (χ4n) is 1.33. The van der Waals surface area contributed by atoms with E-state index in [1.165, 1.54) is 18.2 Å². The molecule has 0 spiro atoms. The van der Waals surface area contributed by atoms with E-state index in [-0.39, 0.29) is 10.8 Å². The van der Waals surface area contributed by atoms with Gasteiger partial charge in [0.05, 0.1) is 5.02 Å². The zero-order valence-corrected chi connectivity index (χ0v) is 11.1. The Kier molecular flexibility index (Phi) is 4.02. The standard InChI is InChI=1S/C13H9BrClFO/c14-10-3-1-9(2-4-10)8-17-13-6-5-11(16)7-12(13)15/h1-7H,8H2. The third-order valence-electron chi connectivity index (χ3n) is 2.20. The molecule has 4 heteroatoms. The van der Waals surface area contributed by atoms with Crippen LogP contribution in [0.5, 0.6) is 5.75 Å². The van der Waals surface area contributed by atoms with E-state index >= 15 is 0 Å². The van der Waals surface area contributed by atoms with E-state index in [1.54, 1.807) is 0 Å². The summed E-state index contributed by atoms with van der Waals surface area (Å²) in [6, 6.07) is 11.8. The summed E-state index contributed by atoms with van der Waals surface area (Å²) < 4.78 is 19.3. The van der Waals surface area contributed by atoms with E-state index in [4.69, 9.17) is 16.3 Å². The van der Waals surface area contributed by atoms with Crippen LogP contribution in [0.15, 0.2) is 46.9 Å². The third-order valence-corrected chi connectivity index (χ3v) is 3.03. The van der Waals surface area contributed by atoms with Gasteiger partial charge in [-0.2, -0.15) is 0 Å². The lowest BCUT2D eigenvalue weighted by Crippen LogP contribution is -1.95. The largest absolute Gasteiger partial charge is 0.487 e. The molecule has 0 atom stereocenters. The summed E-state index contributed by atoms with van der Waals surface area (Å²) >= 11 is 9.21. The molecule has 0 saturated carbocycles. The van der Waals surface area contributed by atoms with Crippen molar-refractivity contribution >= 4 is 27.5 Å². The molecule has 0 fully saturated rings. The van der Waals surface area contributed by atoms with Gasteiger partial charge in [-0.3, -0.25) is 0 Å². The first-order valence-corrected chi connectivity index (χ1v) is 6.14. The average molecular weight is 316 g/mol. The molecular formula is C13H9BrClFO. The van der Waals surface area contributed by atoms with E-state index < -0.39 is 0 Å². The number of benzene rings is 2. The van der Waals surface area contributed by atoms with Crippen LogP contribution in [0.3, 0.4) is 0 Å². The van der Waals surface area contributed by atoms with E-state index in [0.29, 0.717) is 12.4 Å². The maximum absolute atomic E-state index is 12.8. The number of hydrogen-bond acceptors (Lipinski definition) is 1. The second-order valence-electron chi connectivity index (χ2n) is 3.49. The molecule has 2 aromatic carbocycles. The van der Waals surface area contributed by atoms with Gasteiger partial charge in [-0.1, -0.05) is 39.7 Å². The van der Waals surface area contributed by atoms with Crippen molar-refractivity contribution in [2.75, 3.05) is 0 Å². The van der Waals surface area contributed by atoms with Crippen LogP contribution >= 0.6 is 27.5 Å². The molecule has 0 bridgehead atoms. The predicted molar refractivity (Wildman–Crippen MR) is 69.9 cm³/mol. The van der Waals surface area contributed by atoms with Gasteiger partial charge in [-0.25, -0.2) is 4.39 Å². The van der Waals surface area contributed by atoms with Crippen LogP contribution in [0.25, 0.3) is 0 Å². The lowest BCUT2D eigenvalue weighted by atomic mass is 10.2. The van der Waals surface area contributed by atoms with Crippen molar-refractivity contribution in [3.05, 3.63) is 63.3 Å². The van der Waals surface area contributed by atoms with Gasteiger partial charge in [0.25, 0.3) is 0 Å². The summed E-state index contributed by atoms with van der Waals surface area (Å²) in [5, 5.41) is 0.280. The predicted octanol–water partition coefficient (Wildman–Crippen LogP) is 4.82. The molecule has 17 heavy (non-hydrogen) atoms. The summed E-state index contributed by atoms with van der Waals surface area (Å²) in [7, 11) is 0. The Morgan fingerprint density at radius 2 is 1.82 bits per heavy atom. The third kappa shape index (κ3) is 3.45. The first kappa shape index (κ1) is 12.4. The highest BCUT2D eigenvalue weighted by molar-refractivity contribution is 9.10. The average Bonchev–Trinajstić information content (AvgIpc) is 2.30. The lowest BCUT2D eigenvalue weighted by Gasteiger charge is -2.08. The van der Waals surface area contributed by atoms with Crippen molar-refractivity contribution in [2.24, 2.45) is 0 Å². The fraction of sp³-hybridized carbons (Fsp3) is 0.0769. The van der Waals surface area contributed by atoms with E-state index in [1.807, 2.05) is 24.3 Å². The molecule has 2 rings (SSSR count). The number of hydrogen-bond donors (Lipinski definition) is 0. The summed E-state index contributed by atoms with van der Waals surface area (Å²) in [5.74, 6) is 0.113. The molecule has 1 nitrogen and oxygen atoms in total. The molecule has 0 aliphatic rings. The molecular weight excluding hydrogens is 306 g/mol. The van der Waals surface area contributed by atoms with Crippen LogP contribution < -0.4 is 4.74 Å². The summed E-state index contributed by atoms with van der Waals surface area (Å²) in [6.07, 6.45) is 0. The van der Waals surface area contributed by atoms with Crippen LogP contribution in [0, 0.1) is 5.82 Å². The second-order valence-corrected chi connectivity index (χ2v) is 4.81. The van der Waals surface area contributed by atoms with Gasteiger partial charge >= 0.3 is 0 Å². The zero-order valence-electron chi connectivity index (χ0n) is 8.79. The molecule has 2 aromatic rings. The van der Waals surface area contributed by atoms with Crippen molar-refractivity contribution < 1.29 is 9.13 Å². The van der Waals surface area contributed by atoms with Crippen LogP contribution in [0.4, 0.5) is 4.39 Å². The van der Waals surface area contributed by atoms with Crippen LogP contribution in [0.2, 0.25) is 5.02 Å². The first-order valence-electron chi connectivity index (χ1n) is 4.97. The highest BCUT2D eigenvalue weighted by Gasteiger charge is 2.03. The summed E-state index contributed by atoms with van der Waals surface area (Å²) in [6.45, 7) is 0.401. The Hall–Kier alpha value is -1.06. The van der Waals surface area contributed by atoms with Gasteiger partial charge in [0.1, 0.15) is 18.2 Å². The minimum atomic E-state index is -0.369. The summed E-state index contributed by atoms with van der Waals surface area (Å²) in [4.78, 5) is 0. The van der Waals surface area contributed by atoms with Gasteiger partial charge in [0.15, 0.2) is 0 Å². The van der Waals surface area contributed by atoms with E-state index in [9.17, 15) is 4.39 Å². The number of halogens is 3. The monoisotopic (exact) mass is 314 g/mol. The topological polar surface area (TPSA) is 9.23 Å². The minimum absolute atomic E-state index is 0.280. The maximum atomic E-state index is 12.8. The Bertz CT molecular complexity index is 513. The Labute approximate surface area is 112 Å². The zero-order chi connectivity index (χ0) is 12.3. The molecule has 0 aliphatic carbocycles. The number of ether oxygens (including phenoxy) is 1. The molecule has 88 valence electrons. The number of rotatable bonds is 3. The lowest BCUT2D eigenvalue weighted by molar-refractivity contribution is 0.306. The molecule has 0 N–H and O–H groups in total. The smallest absolute Gasteiger partial charge is 0.138 e. The first-order chi connectivity index (χ1) is 8.15. The molecule has 0 aromatic heterocycles. The van der Waals surface area contributed by atoms with Gasteiger partial charge in [0.2, 0.25) is 0 Å². The summed E-state index contributed by atoms with van der Waals surface area (Å²) in [5.41, 5.74) is 1.02. The minimum Gasteiger partial charge on any atom is -0.487 e. The Balaban J connectivity index is 2.04. The molecule has 0 heterocycles. The normalized spacial score (nSPS) is 10.3. The van der Waals surface area contributed by atoms with Crippen LogP contribution in [-0.2, 0) is 6.61 Å². The van der Waals surface area contributed by atoms with Gasteiger partial charge in [-0.15, -0.1) is 0 Å². The quantitative estimate of drug-likeness (QED) is 0.789. The van der Waals surface area contributed by atoms with Crippen LogP contribution in [0.1, 0.15) is 5.56 Å². The highest BCUT2D eigenvalue weighted by atomic mass is 79.9. The van der Waals surface area contributed by atoms with Crippen LogP contribution in [-0.4, -0.2) is 0 Å². The second kappa shape index (κ2) is 5.52. The van der Waals surface area contributed by atoms with E-state index in [2.05, 4.69) is 15.9 Å². The molecule has 0 radical (unpaired) electrons. The van der Waals surface area contributed by atoms with Gasteiger partial charge in [-0.05, 0) is 35.9 Å². The molecule has 0 unspecified atom stereocenters.